The van der Waals surface area contributed by atoms with E-state index in [1.54, 1.807) is 49.4 Å². The minimum atomic E-state index is -0.781. The molecule has 0 bridgehead atoms. The Morgan fingerprint density at radius 1 is 1.08 bits per heavy atom. The summed E-state index contributed by atoms with van der Waals surface area (Å²) in [6.45, 7) is 1.72. The molecular formula is C19H15F2N3O2. The fourth-order valence-electron chi connectivity index (χ4n) is 2.22. The monoisotopic (exact) mass is 355 g/mol. The lowest BCUT2D eigenvalue weighted by molar-refractivity contribution is 0.102. The van der Waals surface area contributed by atoms with Crippen LogP contribution in [0.2, 0.25) is 0 Å². The van der Waals surface area contributed by atoms with Crippen molar-refractivity contribution in [3.05, 3.63) is 83.6 Å². The molecule has 0 saturated carbocycles. The van der Waals surface area contributed by atoms with Crippen molar-refractivity contribution in [1.82, 2.24) is 9.97 Å². The molecule has 1 N–H and O–H groups in total. The molecule has 26 heavy (non-hydrogen) atoms. The van der Waals surface area contributed by atoms with Crippen molar-refractivity contribution in [3.8, 4) is 6.01 Å². The van der Waals surface area contributed by atoms with Crippen molar-refractivity contribution in [1.29, 1.82) is 0 Å². The van der Waals surface area contributed by atoms with E-state index in [4.69, 9.17) is 4.74 Å². The Morgan fingerprint density at radius 2 is 1.77 bits per heavy atom. The standard InChI is InChI=1S/C19H15F2N3O2/c1-12(13-7-9-15(20)10-8-13)26-19-22-11-16(21)17(24-19)23-18(25)14-5-3-2-4-6-14/h2-12H,1H3,(H,22,23,24,25). The lowest BCUT2D eigenvalue weighted by Gasteiger charge is -2.14. The van der Waals surface area contributed by atoms with Crippen LogP contribution in [0.15, 0.2) is 60.8 Å². The van der Waals surface area contributed by atoms with Gasteiger partial charge >= 0.3 is 6.01 Å². The molecule has 0 aliphatic heterocycles. The van der Waals surface area contributed by atoms with Crippen LogP contribution in [0.4, 0.5) is 14.6 Å². The molecule has 0 radical (unpaired) electrons. The lowest BCUT2D eigenvalue weighted by Crippen LogP contribution is -2.15. The van der Waals surface area contributed by atoms with Gasteiger partial charge in [0.1, 0.15) is 11.9 Å². The number of halogens is 2. The second kappa shape index (κ2) is 7.69. The molecule has 0 fully saturated rings. The van der Waals surface area contributed by atoms with Gasteiger partial charge in [0, 0.05) is 5.56 Å². The highest BCUT2D eigenvalue weighted by Gasteiger charge is 2.15. The van der Waals surface area contributed by atoms with E-state index in [2.05, 4.69) is 15.3 Å². The predicted octanol–water partition coefficient (Wildman–Crippen LogP) is 4.15. The average molecular weight is 355 g/mol. The highest BCUT2D eigenvalue weighted by molar-refractivity contribution is 6.03. The Kier molecular flexibility index (Phi) is 5.17. The van der Waals surface area contributed by atoms with Gasteiger partial charge in [-0.1, -0.05) is 30.3 Å². The molecule has 7 heteroatoms. The number of amides is 1. The summed E-state index contributed by atoms with van der Waals surface area (Å²) < 4.78 is 32.5. The Morgan fingerprint density at radius 3 is 2.46 bits per heavy atom. The molecule has 3 rings (SSSR count). The minimum Gasteiger partial charge on any atom is -0.456 e. The molecule has 0 aliphatic rings. The number of hydrogen-bond donors (Lipinski definition) is 1. The largest absolute Gasteiger partial charge is 0.456 e. The Bertz CT molecular complexity index is 902. The summed E-state index contributed by atoms with van der Waals surface area (Å²) in [6, 6.07) is 14.0. The van der Waals surface area contributed by atoms with Gasteiger partial charge < -0.3 is 10.1 Å². The smallest absolute Gasteiger partial charge is 0.319 e. The van der Waals surface area contributed by atoms with Crippen LogP contribution in [-0.2, 0) is 0 Å². The van der Waals surface area contributed by atoms with Crippen molar-refractivity contribution in [2.75, 3.05) is 5.32 Å². The number of benzene rings is 2. The number of aromatic nitrogens is 2. The fourth-order valence-corrected chi connectivity index (χ4v) is 2.22. The van der Waals surface area contributed by atoms with E-state index >= 15 is 0 Å². The van der Waals surface area contributed by atoms with Crippen LogP contribution in [-0.4, -0.2) is 15.9 Å². The topological polar surface area (TPSA) is 64.1 Å². The number of anilines is 1. The van der Waals surface area contributed by atoms with Gasteiger partial charge in [-0.25, -0.2) is 13.8 Å². The number of ether oxygens (including phenoxy) is 1. The number of nitrogens with zero attached hydrogens (tertiary/aromatic N) is 2. The van der Waals surface area contributed by atoms with E-state index in [0.717, 1.165) is 6.20 Å². The maximum absolute atomic E-state index is 13.9. The summed E-state index contributed by atoms with van der Waals surface area (Å²) in [7, 11) is 0. The second-order valence-corrected chi connectivity index (χ2v) is 5.48. The first-order valence-corrected chi connectivity index (χ1v) is 7.84. The predicted molar refractivity (Wildman–Crippen MR) is 91.8 cm³/mol. The first kappa shape index (κ1) is 17.5. The van der Waals surface area contributed by atoms with Crippen LogP contribution in [0, 0.1) is 11.6 Å². The number of carbonyl (C=O) groups is 1. The molecule has 132 valence electrons. The summed E-state index contributed by atoms with van der Waals surface area (Å²) >= 11 is 0. The summed E-state index contributed by atoms with van der Waals surface area (Å²) in [5, 5.41) is 2.39. The normalized spacial score (nSPS) is 11.7. The maximum Gasteiger partial charge on any atom is 0.319 e. The average Bonchev–Trinajstić information content (AvgIpc) is 2.65. The minimum absolute atomic E-state index is 0.105. The molecule has 1 heterocycles. The first-order chi connectivity index (χ1) is 12.5. The summed E-state index contributed by atoms with van der Waals surface area (Å²) in [5.41, 5.74) is 1.07. The molecule has 1 atom stereocenters. The first-order valence-electron chi connectivity index (χ1n) is 7.84. The van der Waals surface area contributed by atoms with Crippen LogP contribution in [0.3, 0.4) is 0 Å². The van der Waals surface area contributed by atoms with E-state index < -0.39 is 17.8 Å². The third kappa shape index (κ3) is 4.18. The SMILES string of the molecule is CC(Oc1ncc(F)c(NC(=O)c2ccccc2)n1)c1ccc(F)cc1. The molecule has 1 aromatic heterocycles. The van der Waals surface area contributed by atoms with Crippen LogP contribution >= 0.6 is 0 Å². The highest BCUT2D eigenvalue weighted by Crippen LogP contribution is 2.21. The molecule has 1 unspecified atom stereocenters. The molecule has 0 aliphatic carbocycles. The lowest BCUT2D eigenvalue weighted by atomic mass is 10.1. The summed E-state index contributed by atoms with van der Waals surface area (Å²) in [5.74, 6) is -1.92. The van der Waals surface area contributed by atoms with Crippen LogP contribution in [0.25, 0.3) is 0 Å². The third-order valence-corrected chi connectivity index (χ3v) is 3.61. The number of carbonyl (C=O) groups excluding carboxylic acids is 1. The third-order valence-electron chi connectivity index (χ3n) is 3.61. The fraction of sp³-hybridized carbons (Fsp3) is 0.105. The summed E-state index contributed by atoms with van der Waals surface area (Å²) in [4.78, 5) is 19.8. The number of nitrogens with one attached hydrogen (secondary N) is 1. The van der Waals surface area contributed by atoms with Crippen molar-refractivity contribution in [3.63, 3.8) is 0 Å². The van der Waals surface area contributed by atoms with Crippen molar-refractivity contribution < 1.29 is 18.3 Å². The van der Waals surface area contributed by atoms with E-state index in [-0.39, 0.29) is 17.6 Å². The van der Waals surface area contributed by atoms with Gasteiger partial charge in [0.05, 0.1) is 6.20 Å². The molecule has 5 nitrogen and oxygen atoms in total. The van der Waals surface area contributed by atoms with Crippen LogP contribution in [0.1, 0.15) is 28.9 Å². The van der Waals surface area contributed by atoms with Crippen LogP contribution in [0.5, 0.6) is 6.01 Å². The second-order valence-electron chi connectivity index (χ2n) is 5.48. The Balaban J connectivity index is 1.75. The van der Waals surface area contributed by atoms with Gasteiger partial charge in [0.2, 0.25) is 0 Å². The maximum atomic E-state index is 13.9. The van der Waals surface area contributed by atoms with Crippen molar-refractivity contribution >= 4 is 11.7 Å². The van der Waals surface area contributed by atoms with Gasteiger partial charge in [-0.05, 0) is 36.8 Å². The quantitative estimate of drug-likeness (QED) is 0.747. The van der Waals surface area contributed by atoms with Gasteiger partial charge in [-0.2, -0.15) is 4.98 Å². The van der Waals surface area contributed by atoms with E-state index in [0.29, 0.717) is 11.1 Å². The van der Waals surface area contributed by atoms with Gasteiger partial charge in [-0.15, -0.1) is 0 Å². The molecule has 0 saturated heterocycles. The zero-order valence-corrected chi connectivity index (χ0v) is 13.8. The van der Waals surface area contributed by atoms with Crippen molar-refractivity contribution in [2.24, 2.45) is 0 Å². The summed E-state index contributed by atoms with van der Waals surface area (Å²) in [6.07, 6.45) is 0.430. The van der Waals surface area contributed by atoms with E-state index in [9.17, 15) is 13.6 Å². The van der Waals surface area contributed by atoms with Gasteiger partial charge in [-0.3, -0.25) is 4.79 Å². The highest BCUT2D eigenvalue weighted by atomic mass is 19.1. The zero-order valence-electron chi connectivity index (χ0n) is 13.8. The van der Waals surface area contributed by atoms with Gasteiger partial charge in [0.25, 0.3) is 5.91 Å². The van der Waals surface area contributed by atoms with Crippen molar-refractivity contribution in [2.45, 2.75) is 13.0 Å². The number of hydrogen-bond acceptors (Lipinski definition) is 4. The molecule has 3 aromatic rings. The molecular weight excluding hydrogens is 340 g/mol. The number of rotatable bonds is 5. The van der Waals surface area contributed by atoms with Crippen LogP contribution < -0.4 is 10.1 Å². The Labute approximate surface area is 148 Å². The van der Waals surface area contributed by atoms with E-state index in [1.165, 1.54) is 12.1 Å². The van der Waals surface area contributed by atoms with E-state index in [1.807, 2.05) is 0 Å². The van der Waals surface area contributed by atoms with Gasteiger partial charge in [0.15, 0.2) is 11.6 Å². The molecule has 0 spiro atoms. The molecule has 1 amide bonds. The molecule has 2 aromatic carbocycles. The zero-order chi connectivity index (χ0) is 18.5. The Hall–Kier alpha value is -3.35.